The van der Waals surface area contributed by atoms with Gasteiger partial charge < -0.3 is 9.84 Å². The molecule has 0 spiro atoms. The minimum atomic E-state index is -4.43. The Hall–Kier alpha value is -0.414. The predicted octanol–water partition coefficient (Wildman–Crippen LogP) is 1.32. The molecule has 0 unspecified atom stereocenters. The average Bonchev–Trinajstić information content (AvgIpc) is 2.57. The number of unbranched alkanes of at least 4 members (excludes halogenated alkanes) is 4. The molecule has 7 heteroatoms. The summed E-state index contributed by atoms with van der Waals surface area (Å²) in [5.74, 6) is -0.257. The molecular formula is C19H23KO5S. The van der Waals surface area contributed by atoms with Crippen LogP contribution in [0.3, 0.4) is 0 Å². The molecule has 0 fully saturated rings. The molecule has 0 saturated carbocycles. The zero-order chi connectivity index (χ0) is 18.3. The molecule has 0 aliphatic rings. The first-order chi connectivity index (χ1) is 11.9. The summed E-state index contributed by atoms with van der Waals surface area (Å²) >= 11 is 0. The molecule has 0 saturated heterocycles. The van der Waals surface area contributed by atoms with Crippen LogP contribution in [0.2, 0.25) is 0 Å². The molecule has 0 aliphatic carbocycles. The van der Waals surface area contributed by atoms with E-state index in [0.717, 1.165) is 19.3 Å². The third kappa shape index (κ3) is 6.96. The van der Waals surface area contributed by atoms with Gasteiger partial charge in [0.1, 0.15) is 16.4 Å². The summed E-state index contributed by atoms with van der Waals surface area (Å²) in [5.41, 5.74) is 0.651. The Bertz CT molecular complexity index is 805. The Morgan fingerprint density at radius 1 is 0.962 bits per heavy atom. The van der Waals surface area contributed by atoms with Crippen LogP contribution < -0.4 is 61.2 Å². The Balaban J connectivity index is 0.00000338. The molecule has 136 valence electrons. The summed E-state index contributed by atoms with van der Waals surface area (Å²) in [7, 11) is -4.43. The Morgan fingerprint density at radius 2 is 1.62 bits per heavy atom. The van der Waals surface area contributed by atoms with Crippen molar-refractivity contribution >= 4 is 10.1 Å². The molecule has 2 aromatic rings. The topological polar surface area (TPSA) is 86.7 Å². The average molecular weight is 403 g/mol. The zero-order valence-corrected chi connectivity index (χ0v) is 19.2. The summed E-state index contributed by atoms with van der Waals surface area (Å²) in [6.07, 6.45) is 6.19. The normalized spacial score (nSPS) is 11.0. The van der Waals surface area contributed by atoms with E-state index in [4.69, 9.17) is 4.74 Å². The van der Waals surface area contributed by atoms with Gasteiger partial charge in [-0.05, 0) is 31.0 Å². The molecule has 0 radical (unpaired) electrons. The summed E-state index contributed by atoms with van der Waals surface area (Å²) < 4.78 is 37.6. The monoisotopic (exact) mass is 402 g/mol. The van der Waals surface area contributed by atoms with E-state index < -0.39 is 10.1 Å². The third-order valence-corrected chi connectivity index (χ3v) is 4.85. The largest absolute Gasteiger partial charge is 1.00 e. The smallest absolute Gasteiger partial charge is 0.870 e. The van der Waals surface area contributed by atoms with E-state index in [1.54, 1.807) is 18.2 Å². The number of hydrogen-bond acceptors (Lipinski definition) is 4. The van der Waals surface area contributed by atoms with E-state index in [1.165, 1.54) is 37.1 Å². The number of para-hydroxylation sites is 2. The van der Waals surface area contributed by atoms with Crippen molar-refractivity contribution in [1.29, 1.82) is 0 Å². The number of aryl methyl sites for hydroxylation is 1. The maximum Gasteiger partial charge on any atom is 1.00 e. The van der Waals surface area contributed by atoms with Gasteiger partial charge in [-0.1, -0.05) is 68.2 Å². The van der Waals surface area contributed by atoms with Gasteiger partial charge in [0, 0.05) is 0 Å². The quantitative estimate of drug-likeness (QED) is 0.388. The minimum Gasteiger partial charge on any atom is -0.870 e. The number of benzene rings is 2. The summed E-state index contributed by atoms with van der Waals surface area (Å²) in [6, 6.07) is 10.7. The van der Waals surface area contributed by atoms with Gasteiger partial charge in [-0.25, -0.2) is 0 Å². The Labute approximate surface area is 198 Å². The molecule has 5 nitrogen and oxygen atoms in total. The first kappa shape index (κ1) is 23.6. The molecule has 26 heavy (non-hydrogen) atoms. The van der Waals surface area contributed by atoms with Crippen LogP contribution in [0.5, 0.6) is 17.2 Å². The van der Waals surface area contributed by atoms with Crippen molar-refractivity contribution < 1.29 is 74.2 Å². The van der Waals surface area contributed by atoms with Crippen molar-refractivity contribution in [2.75, 3.05) is 0 Å². The van der Waals surface area contributed by atoms with Gasteiger partial charge in [-0.3, -0.25) is 4.55 Å². The molecule has 2 rings (SSSR count). The van der Waals surface area contributed by atoms with Gasteiger partial charge in [0.05, 0.1) is 0 Å². The van der Waals surface area contributed by atoms with Crippen molar-refractivity contribution in [2.24, 2.45) is 0 Å². The molecular weight excluding hydrogens is 379 g/mol. The molecule has 0 aromatic heterocycles. The molecule has 0 bridgehead atoms. The van der Waals surface area contributed by atoms with E-state index in [1.807, 2.05) is 0 Å². The van der Waals surface area contributed by atoms with Crippen LogP contribution in [0.25, 0.3) is 0 Å². The zero-order valence-electron chi connectivity index (χ0n) is 15.3. The maximum atomic E-state index is 12.5. The molecule has 2 aromatic carbocycles. The van der Waals surface area contributed by atoms with Crippen molar-refractivity contribution in [2.45, 2.75) is 50.3 Å². The molecule has 0 atom stereocenters. The van der Waals surface area contributed by atoms with Crippen molar-refractivity contribution in [3.63, 3.8) is 0 Å². The van der Waals surface area contributed by atoms with Gasteiger partial charge in [-0.15, -0.1) is 0 Å². The number of hydrogen-bond donors (Lipinski definition) is 1. The van der Waals surface area contributed by atoms with E-state index in [0.29, 0.717) is 12.0 Å². The summed E-state index contributed by atoms with van der Waals surface area (Å²) in [6.45, 7) is 2.15. The van der Waals surface area contributed by atoms with Crippen molar-refractivity contribution in [3.05, 3.63) is 48.0 Å². The van der Waals surface area contributed by atoms with E-state index >= 15 is 0 Å². The van der Waals surface area contributed by atoms with Gasteiger partial charge in [0.15, 0.2) is 0 Å². The molecule has 0 heterocycles. The van der Waals surface area contributed by atoms with Gasteiger partial charge in [0.25, 0.3) is 10.1 Å². The fraction of sp³-hybridized carbons (Fsp3) is 0.368. The first-order valence-electron chi connectivity index (χ1n) is 8.46. The standard InChI is InChI=1S/C19H24O5S.K/c1-2-3-4-5-6-10-15-11-9-13-17(19(15)20)24-16-12-7-8-14-18(16)25(21,22)23;/h7-9,11-14,20H,2-6,10H2,1H3,(H,21,22,23);/q;+1/p-1. The van der Waals surface area contributed by atoms with Crippen LogP contribution in [-0.2, 0) is 16.5 Å². The third-order valence-electron chi connectivity index (χ3n) is 3.96. The first-order valence-corrected chi connectivity index (χ1v) is 9.90. The minimum absolute atomic E-state index is 0. The SMILES string of the molecule is CCCCCCCc1cccc(Oc2ccccc2S(=O)(=O)O)c1[O-].[K+]. The van der Waals surface area contributed by atoms with Crippen LogP contribution in [0, 0.1) is 0 Å². The van der Waals surface area contributed by atoms with E-state index in [-0.39, 0.29) is 73.5 Å². The van der Waals surface area contributed by atoms with Crippen LogP contribution in [-0.4, -0.2) is 13.0 Å². The van der Waals surface area contributed by atoms with Crippen LogP contribution in [0.15, 0.2) is 47.4 Å². The summed E-state index contributed by atoms with van der Waals surface area (Å²) in [4.78, 5) is -0.362. The van der Waals surface area contributed by atoms with Crippen LogP contribution in [0.1, 0.15) is 44.6 Å². The Morgan fingerprint density at radius 3 is 2.31 bits per heavy atom. The van der Waals surface area contributed by atoms with Crippen LogP contribution >= 0.6 is 0 Å². The summed E-state index contributed by atoms with van der Waals surface area (Å²) in [5, 5.41) is 12.5. The van der Waals surface area contributed by atoms with E-state index in [9.17, 15) is 18.1 Å². The second-order valence-electron chi connectivity index (χ2n) is 5.93. The molecule has 1 N–H and O–H groups in total. The second-order valence-corrected chi connectivity index (χ2v) is 7.32. The van der Waals surface area contributed by atoms with E-state index in [2.05, 4.69) is 6.92 Å². The van der Waals surface area contributed by atoms with Crippen molar-refractivity contribution in [1.82, 2.24) is 0 Å². The Kier molecular flexibility index (Phi) is 10.4. The second kappa shape index (κ2) is 11.4. The molecule has 0 aliphatic heterocycles. The fourth-order valence-electron chi connectivity index (χ4n) is 2.62. The van der Waals surface area contributed by atoms with Crippen LogP contribution in [0.4, 0.5) is 0 Å². The number of rotatable bonds is 9. The van der Waals surface area contributed by atoms with Crippen molar-refractivity contribution in [3.8, 4) is 17.2 Å². The number of ether oxygens (including phenoxy) is 1. The fourth-order valence-corrected chi connectivity index (χ4v) is 3.24. The maximum absolute atomic E-state index is 12.5. The predicted molar refractivity (Wildman–Crippen MR) is 94.7 cm³/mol. The molecule has 0 amide bonds. The van der Waals surface area contributed by atoms with Gasteiger partial charge >= 0.3 is 51.4 Å². The van der Waals surface area contributed by atoms with Gasteiger partial charge in [-0.2, -0.15) is 8.42 Å². The van der Waals surface area contributed by atoms with Gasteiger partial charge in [0.2, 0.25) is 0 Å².